The molecule has 6 nitrogen and oxygen atoms in total. The van der Waals surface area contributed by atoms with E-state index in [4.69, 9.17) is 10.5 Å². The summed E-state index contributed by atoms with van der Waals surface area (Å²) in [6.45, 7) is 2.07. The summed E-state index contributed by atoms with van der Waals surface area (Å²) in [5.74, 6) is -0.1000. The number of allylic oxidation sites excluding steroid dienone is 1. The van der Waals surface area contributed by atoms with Gasteiger partial charge in [0.05, 0.1) is 4.90 Å². The van der Waals surface area contributed by atoms with Crippen LogP contribution in [0.3, 0.4) is 0 Å². The van der Waals surface area contributed by atoms with Gasteiger partial charge in [-0.05, 0) is 25.5 Å². The van der Waals surface area contributed by atoms with Crippen LogP contribution in [-0.2, 0) is 10.0 Å². The van der Waals surface area contributed by atoms with Crippen LogP contribution in [0.2, 0.25) is 0 Å². The molecule has 1 aromatic carbocycles. The van der Waals surface area contributed by atoms with Gasteiger partial charge in [0.25, 0.3) is 0 Å². The highest BCUT2D eigenvalue weighted by Gasteiger charge is 2.12. The van der Waals surface area contributed by atoms with Crippen LogP contribution in [-0.4, -0.2) is 20.1 Å². The summed E-state index contributed by atoms with van der Waals surface area (Å²) in [4.78, 5) is 2.88. The second kappa shape index (κ2) is 6.87. The Kier molecular flexibility index (Phi) is 5.48. The van der Waals surface area contributed by atoms with E-state index < -0.39 is 10.0 Å². The van der Waals surface area contributed by atoms with Gasteiger partial charge in [-0.2, -0.15) is 0 Å². The van der Waals surface area contributed by atoms with E-state index in [1.54, 1.807) is 24.3 Å². The summed E-state index contributed by atoms with van der Waals surface area (Å²) in [6, 6.07) is 6.54. The van der Waals surface area contributed by atoms with Gasteiger partial charge in [-0.15, -0.1) is 0 Å². The Labute approximate surface area is 112 Å². The van der Waals surface area contributed by atoms with Crippen molar-refractivity contribution in [1.29, 1.82) is 5.39 Å². The maximum absolute atomic E-state index is 11.9. The number of aryl methyl sites for hydroxylation is 1. The Morgan fingerprint density at radius 2 is 2.05 bits per heavy atom. The Hall–Kier alpha value is -1.91. The van der Waals surface area contributed by atoms with Crippen LogP contribution < -0.4 is 4.72 Å². The van der Waals surface area contributed by atoms with Crippen molar-refractivity contribution >= 4 is 10.0 Å². The molecule has 0 fully saturated rings. The number of diazo groups is 1. The Morgan fingerprint density at radius 1 is 1.42 bits per heavy atom. The van der Waals surface area contributed by atoms with Gasteiger partial charge in [0, 0.05) is 13.0 Å². The lowest BCUT2D eigenvalue weighted by molar-refractivity contribution is 0.383. The van der Waals surface area contributed by atoms with Crippen molar-refractivity contribution in [3.63, 3.8) is 0 Å². The average Bonchev–Trinajstić information content (AvgIpc) is 2.36. The zero-order chi connectivity index (χ0) is 14.3. The van der Waals surface area contributed by atoms with E-state index in [0.717, 1.165) is 11.8 Å². The van der Waals surface area contributed by atoms with E-state index in [1.165, 1.54) is 0 Å². The first-order valence-electron chi connectivity index (χ1n) is 5.74. The molecule has 0 saturated heterocycles. The third kappa shape index (κ3) is 5.07. The van der Waals surface area contributed by atoms with Gasteiger partial charge in [0.2, 0.25) is 15.4 Å². The van der Waals surface area contributed by atoms with Gasteiger partial charge in [-0.3, -0.25) is 0 Å². The smallest absolute Gasteiger partial charge is 0.387 e. The number of hydrogen-bond donors (Lipinski definition) is 2. The van der Waals surface area contributed by atoms with Crippen LogP contribution in [0.25, 0.3) is 4.98 Å². The lowest BCUT2D eigenvalue weighted by Crippen LogP contribution is -2.24. The molecule has 0 atom stereocenters. The summed E-state index contributed by atoms with van der Waals surface area (Å²) in [7, 11) is -3.51. The summed E-state index contributed by atoms with van der Waals surface area (Å²) >= 11 is 0. The fourth-order valence-corrected chi connectivity index (χ4v) is 2.48. The first kappa shape index (κ1) is 15.1. The fraction of sp³-hybridized carbons (Fsp3) is 0.333. The Bertz CT molecular complexity index is 586. The molecule has 0 aromatic heterocycles. The van der Waals surface area contributed by atoms with E-state index in [9.17, 15) is 8.42 Å². The maximum Gasteiger partial charge on any atom is 0.387 e. The molecule has 0 aliphatic heterocycles. The quantitative estimate of drug-likeness (QED) is 0.475. The van der Waals surface area contributed by atoms with Gasteiger partial charge < -0.3 is 5.11 Å². The minimum absolute atomic E-state index is 0.1000. The van der Waals surface area contributed by atoms with Crippen molar-refractivity contribution in [3.05, 3.63) is 46.8 Å². The maximum atomic E-state index is 11.9. The first-order valence-corrected chi connectivity index (χ1v) is 7.22. The third-order valence-electron chi connectivity index (χ3n) is 2.44. The lowest BCUT2D eigenvalue weighted by atomic mass is 10.2. The molecule has 7 heteroatoms. The van der Waals surface area contributed by atoms with Crippen LogP contribution >= 0.6 is 0 Å². The van der Waals surface area contributed by atoms with Crippen LogP contribution in [0.1, 0.15) is 18.4 Å². The number of aliphatic hydroxyl groups excluding tert-OH is 1. The standard InChI is InChI=1S/C12H15N3O3S/c1-10-4-6-12(7-5-10)19(17,18)15-8-2-3-11(16)9-14-13/h4-7,9,15H,2-3,8H2,1H3/p+1/b11-9-. The van der Waals surface area contributed by atoms with Crippen molar-refractivity contribution in [2.24, 2.45) is 0 Å². The van der Waals surface area contributed by atoms with Gasteiger partial charge in [0.1, 0.15) is 0 Å². The normalized spacial score (nSPS) is 12.1. The fourth-order valence-electron chi connectivity index (χ4n) is 1.41. The average molecular weight is 282 g/mol. The molecule has 0 radical (unpaired) electrons. The molecular formula is C12H16N3O3S+. The molecule has 19 heavy (non-hydrogen) atoms. The number of sulfonamides is 1. The highest BCUT2D eigenvalue weighted by Crippen LogP contribution is 2.10. The van der Waals surface area contributed by atoms with Crippen LogP contribution in [0, 0.1) is 12.3 Å². The highest BCUT2D eigenvalue weighted by atomic mass is 32.2. The summed E-state index contributed by atoms with van der Waals surface area (Å²) < 4.78 is 26.2. The molecule has 1 rings (SSSR count). The van der Waals surface area contributed by atoms with Crippen molar-refractivity contribution in [3.8, 4) is 0 Å². The van der Waals surface area contributed by atoms with E-state index in [-0.39, 0.29) is 23.6 Å². The molecule has 0 amide bonds. The van der Waals surface area contributed by atoms with E-state index >= 15 is 0 Å². The molecule has 0 unspecified atom stereocenters. The van der Waals surface area contributed by atoms with Crippen molar-refractivity contribution in [2.75, 3.05) is 6.54 Å². The summed E-state index contributed by atoms with van der Waals surface area (Å²) in [6.07, 6.45) is 1.55. The zero-order valence-electron chi connectivity index (χ0n) is 10.6. The summed E-state index contributed by atoms with van der Waals surface area (Å²) in [5, 5.41) is 17.3. The van der Waals surface area contributed by atoms with E-state index in [0.29, 0.717) is 6.42 Å². The summed E-state index contributed by atoms with van der Waals surface area (Å²) in [5.41, 5.74) is 0.988. The Morgan fingerprint density at radius 3 is 2.63 bits per heavy atom. The van der Waals surface area contributed by atoms with Gasteiger partial charge in [0.15, 0.2) is 10.7 Å². The molecule has 1 aromatic rings. The third-order valence-corrected chi connectivity index (χ3v) is 3.92. The number of hydrogen-bond acceptors (Lipinski definition) is 4. The molecule has 2 N–H and O–H groups in total. The molecule has 0 bridgehead atoms. The van der Waals surface area contributed by atoms with Crippen molar-refractivity contribution in [2.45, 2.75) is 24.7 Å². The van der Waals surface area contributed by atoms with Gasteiger partial charge >= 0.3 is 6.20 Å². The van der Waals surface area contributed by atoms with Gasteiger partial charge in [-0.25, -0.2) is 13.1 Å². The second-order valence-corrected chi connectivity index (χ2v) is 5.82. The lowest BCUT2D eigenvalue weighted by Gasteiger charge is -2.06. The zero-order valence-corrected chi connectivity index (χ0v) is 11.4. The highest BCUT2D eigenvalue weighted by molar-refractivity contribution is 7.89. The van der Waals surface area contributed by atoms with Crippen LogP contribution in [0.5, 0.6) is 0 Å². The molecule has 0 heterocycles. The van der Waals surface area contributed by atoms with E-state index in [1.807, 2.05) is 6.92 Å². The SMILES string of the molecule is Cc1ccc(S(=O)(=O)NCCC/C(O)=C/[N+]#N)cc1. The number of nitrogens with one attached hydrogen (secondary N) is 1. The monoisotopic (exact) mass is 282 g/mol. The Balaban J connectivity index is 2.51. The molecule has 0 spiro atoms. The minimum Gasteiger partial charge on any atom is -0.505 e. The number of rotatable bonds is 6. The van der Waals surface area contributed by atoms with E-state index in [2.05, 4.69) is 9.70 Å². The molecule has 102 valence electrons. The number of nitrogens with zero attached hydrogens (tertiary/aromatic N) is 2. The van der Waals surface area contributed by atoms with Crippen LogP contribution in [0.4, 0.5) is 0 Å². The van der Waals surface area contributed by atoms with Gasteiger partial charge in [-0.1, -0.05) is 17.7 Å². The first-order chi connectivity index (χ1) is 8.95. The number of benzene rings is 1. The van der Waals surface area contributed by atoms with Crippen LogP contribution in [0.15, 0.2) is 41.1 Å². The van der Waals surface area contributed by atoms with Crippen molar-refractivity contribution in [1.82, 2.24) is 4.72 Å². The largest absolute Gasteiger partial charge is 0.505 e. The van der Waals surface area contributed by atoms with Crippen molar-refractivity contribution < 1.29 is 13.5 Å². The molecule has 0 aliphatic rings. The predicted octanol–water partition coefficient (Wildman–Crippen LogP) is 2.31. The minimum atomic E-state index is -3.51. The predicted molar refractivity (Wildman–Crippen MR) is 71.4 cm³/mol. The number of aliphatic hydroxyl groups is 1. The molecular weight excluding hydrogens is 266 g/mol. The topological polar surface area (TPSA) is 94.6 Å². The molecule has 0 saturated carbocycles. The molecule has 0 aliphatic carbocycles. The second-order valence-electron chi connectivity index (χ2n) is 4.05.